The Labute approximate surface area is 730 Å². The fraction of sp³-hybridized carbons (Fsp3) is 0.407. The number of nitrogens with one attached hydrogen (secondary N) is 8. The Morgan fingerprint density at radius 3 is 1.98 bits per heavy atom. The number of carboxylic acids is 1. The zero-order valence-electron chi connectivity index (χ0n) is 68.2. The monoisotopic (exact) mass is 1790 g/mol. The van der Waals surface area contributed by atoms with Crippen LogP contribution in [0.25, 0.3) is 11.1 Å². The molecule has 7 heterocycles. The molecule has 36 nitrogen and oxygen atoms in total. The Balaban J connectivity index is 1.00. The van der Waals surface area contributed by atoms with E-state index in [1.54, 1.807) is 32.0 Å². The number of benzene rings is 7. The average Bonchev–Trinajstić information content (AvgIpc) is 0.763. The molecule has 20 N–H and O–H groups in total. The van der Waals surface area contributed by atoms with E-state index in [0.717, 1.165) is 72.3 Å². The molecule has 0 aliphatic carbocycles. The number of phenolic OH excluding ortho intramolecular Hbond substituents is 3. The van der Waals surface area contributed by atoms with Crippen LogP contribution in [-0.4, -0.2) is 208 Å². The van der Waals surface area contributed by atoms with Crippen molar-refractivity contribution >= 4 is 87.4 Å². The van der Waals surface area contributed by atoms with Gasteiger partial charge in [-0.1, -0.05) is 103 Å². The van der Waals surface area contributed by atoms with E-state index in [-0.39, 0.29) is 71.1 Å². The number of aromatic hydroxyl groups is 3. The van der Waals surface area contributed by atoms with Crippen LogP contribution >= 0.6 is 35.0 Å². The zero-order valence-corrected chi connectivity index (χ0v) is 70.6. The lowest BCUT2D eigenvalue weighted by molar-refractivity contribution is -0.334. The molecular formula is C86H97Cl2N9O27S. The number of aliphatic hydroxyl groups excluding tert-OH is 6. The van der Waals surface area contributed by atoms with E-state index >= 15 is 24.0 Å². The van der Waals surface area contributed by atoms with Gasteiger partial charge in [-0.05, 0) is 146 Å². The highest BCUT2D eigenvalue weighted by Gasteiger charge is 2.52. The summed E-state index contributed by atoms with van der Waals surface area (Å²) in [5.41, 5.74) is 3.13. The van der Waals surface area contributed by atoms with Gasteiger partial charge in [0.25, 0.3) is 0 Å². The fourth-order valence-corrected chi connectivity index (χ4v) is 16.3. The first-order valence-electron chi connectivity index (χ1n) is 40.0. The summed E-state index contributed by atoms with van der Waals surface area (Å²) < 4.78 is 52.3. The first-order valence-corrected chi connectivity index (χ1v) is 41.7. The van der Waals surface area contributed by atoms with Gasteiger partial charge in [0.05, 0.1) is 47.9 Å². The topological polar surface area (TPSA) is 552 Å². The summed E-state index contributed by atoms with van der Waals surface area (Å²) in [6, 6.07) is 14.0. The standard InChI is InChI=1S/C86H97Cl2N9O27S/c1-38(2)24-52(90-6)78(109)96-69-71(104)44-16-20-56(50(87)27-44)120-60-29-46-30-61(75(60)124-85-76(74(107)73(106)62(36-98)122-85)123-64-34-86(5,77(108)39(3)119-64)91-35-42-14-19-58(118-37-41-12-8-7-9-13-41)59(25-42)117-22-10-11-23-125-40(4)99)121-57-21-17-45(28-51(57)88)72(105)70-83(114)95-68(84(115)116)49-31-47(100)32-55(102)65(49)48-26-43(15-18-54(48)101)66(80(111)97-70)94-81(112)67(46)93-79(110)53(33-63(89)103)92-82(69)113/h7-9,12-21,25-32,38-39,52-53,62,64,66-74,76-77,85,90-91,98,100-102,104-108H,10-11,22-24,33-37H2,1-6H3,(H2,89,103)(H,92,113)(H,93,110)(H,94,112)(H,95,114)(H,96,109)(H,97,111)(H,115,116)/t39-,52+,53-,62+,64-,66+,67+,68-,69+,70-,71+,72+,73+,74-,76+,77+,85-,86-/m0/s1. The van der Waals surface area contributed by atoms with Crippen LogP contribution in [0.3, 0.4) is 0 Å². The Hall–Kier alpha value is -11.1. The fourth-order valence-electron chi connectivity index (χ4n) is 15.2. The number of nitrogens with two attached hydrogens (primary N) is 1. The number of fused-ring (bicyclic) bond motifs is 15. The number of phenols is 3. The van der Waals surface area contributed by atoms with Gasteiger partial charge in [0.15, 0.2) is 46.5 Å². The molecular weight excluding hydrogens is 1690 g/mol. The smallest absolute Gasteiger partial charge is 0.330 e. The summed E-state index contributed by atoms with van der Waals surface area (Å²) >= 11 is 15.6. The number of carbonyl (C=O) groups excluding carboxylic acids is 8. The van der Waals surface area contributed by atoms with Crippen molar-refractivity contribution < 1.29 is 132 Å². The molecule has 7 amide bonds. The van der Waals surface area contributed by atoms with Crippen molar-refractivity contribution in [3.63, 3.8) is 0 Å². The van der Waals surface area contributed by atoms with Gasteiger partial charge in [0.1, 0.15) is 96.1 Å². The van der Waals surface area contributed by atoms with Crippen LogP contribution in [-0.2, 0) is 70.5 Å². The molecule has 0 spiro atoms. The van der Waals surface area contributed by atoms with Crippen LogP contribution in [0.1, 0.15) is 136 Å². The number of amides is 7. The molecule has 125 heavy (non-hydrogen) atoms. The summed E-state index contributed by atoms with van der Waals surface area (Å²) in [4.78, 5) is 130. The first-order chi connectivity index (χ1) is 59.5. The molecule has 668 valence electrons. The minimum atomic E-state index is -2.38. The number of likely N-dealkylation sites (N-methyl/N-ethyl adjacent to an activating group) is 1. The van der Waals surface area contributed by atoms with Crippen LogP contribution in [0.2, 0.25) is 10.0 Å². The highest BCUT2D eigenvalue weighted by Crippen LogP contribution is 2.50. The second kappa shape index (κ2) is 40.4. The average molecular weight is 1790 g/mol. The van der Waals surface area contributed by atoms with Gasteiger partial charge in [0.2, 0.25) is 53.4 Å². The number of ether oxygens (including phenoxy) is 8. The number of aliphatic carboxylic acids is 1. The molecule has 7 aromatic rings. The number of hydrogen-bond acceptors (Lipinski definition) is 29. The molecule has 0 saturated carbocycles. The summed E-state index contributed by atoms with van der Waals surface area (Å²) in [5.74, 6) is -14.7. The molecule has 0 radical (unpaired) electrons. The predicted octanol–water partition coefficient (Wildman–Crippen LogP) is 4.96. The third-order valence-electron chi connectivity index (χ3n) is 21.8. The second-order valence-electron chi connectivity index (χ2n) is 31.4. The highest BCUT2D eigenvalue weighted by molar-refractivity contribution is 8.13. The quantitative estimate of drug-likeness (QED) is 0.0336. The molecule has 11 bridgehead atoms. The number of carboxylic acid groups (broad SMARTS) is 1. The minimum Gasteiger partial charge on any atom is -0.508 e. The number of thioether (sulfide) groups is 1. The van der Waals surface area contributed by atoms with Crippen molar-refractivity contribution in [2.75, 3.05) is 26.0 Å². The van der Waals surface area contributed by atoms with Crippen molar-refractivity contribution in [2.45, 2.75) is 189 Å². The van der Waals surface area contributed by atoms with E-state index in [4.69, 9.17) is 66.8 Å². The number of unbranched alkanes of at least 4 members (excludes halogenated alkanes) is 1. The van der Waals surface area contributed by atoms with Gasteiger partial charge < -0.3 is 137 Å². The van der Waals surface area contributed by atoms with Crippen LogP contribution in [0.5, 0.6) is 57.5 Å². The Bertz CT molecular complexity index is 5200. The van der Waals surface area contributed by atoms with Gasteiger partial charge in [-0.2, -0.15) is 0 Å². The number of primary amides is 1. The lowest BCUT2D eigenvalue weighted by atomic mass is 9.84. The van der Waals surface area contributed by atoms with E-state index in [9.17, 15) is 70.2 Å². The Morgan fingerprint density at radius 1 is 0.680 bits per heavy atom. The lowest BCUT2D eigenvalue weighted by Crippen LogP contribution is -2.65. The Morgan fingerprint density at radius 2 is 1.34 bits per heavy atom. The molecule has 0 unspecified atom stereocenters. The normalized spacial score (nSPS) is 25.9. The van der Waals surface area contributed by atoms with Crippen molar-refractivity contribution in [2.24, 2.45) is 11.7 Å². The molecule has 7 aromatic carbocycles. The van der Waals surface area contributed by atoms with Gasteiger partial charge >= 0.3 is 5.97 Å². The van der Waals surface area contributed by atoms with Crippen molar-refractivity contribution in [3.8, 4) is 68.6 Å². The highest BCUT2D eigenvalue weighted by atomic mass is 35.5. The van der Waals surface area contributed by atoms with E-state index in [1.807, 2.05) is 44.2 Å². The van der Waals surface area contributed by atoms with Crippen molar-refractivity contribution in [1.29, 1.82) is 0 Å². The van der Waals surface area contributed by atoms with Crippen molar-refractivity contribution in [1.82, 2.24) is 42.5 Å². The van der Waals surface area contributed by atoms with Crippen LogP contribution in [0.4, 0.5) is 0 Å². The first kappa shape index (κ1) is 93.0. The van der Waals surface area contributed by atoms with Crippen molar-refractivity contribution in [3.05, 3.63) is 176 Å². The third-order valence-corrected chi connectivity index (χ3v) is 23.3. The number of carbonyl (C=O) groups is 9. The Kier molecular flexibility index (Phi) is 30.1. The molecule has 18 atom stereocenters. The zero-order chi connectivity index (χ0) is 90.2. The molecule has 2 fully saturated rings. The maximum Gasteiger partial charge on any atom is 0.330 e. The van der Waals surface area contributed by atoms with E-state index in [2.05, 4.69) is 42.5 Å². The minimum absolute atomic E-state index is 0.000958. The van der Waals surface area contributed by atoms with Crippen LogP contribution in [0.15, 0.2) is 127 Å². The summed E-state index contributed by atoms with van der Waals surface area (Å²) in [7, 11) is 1.47. The maximum absolute atomic E-state index is 16.3. The van der Waals surface area contributed by atoms with Gasteiger partial charge in [0, 0.05) is 53.9 Å². The van der Waals surface area contributed by atoms with Crippen LogP contribution < -0.4 is 72.0 Å². The molecule has 7 aliphatic heterocycles. The second-order valence-corrected chi connectivity index (χ2v) is 33.5. The summed E-state index contributed by atoms with van der Waals surface area (Å²) in [6.07, 6.45) is -17.8. The summed E-state index contributed by atoms with van der Waals surface area (Å²) in [6.45, 7) is 7.97. The van der Waals surface area contributed by atoms with E-state index < -0.39 is 237 Å². The van der Waals surface area contributed by atoms with Gasteiger partial charge in [-0.25, -0.2) is 4.79 Å². The third kappa shape index (κ3) is 21.9. The van der Waals surface area contributed by atoms with Crippen LogP contribution in [0, 0.1) is 5.92 Å². The van der Waals surface area contributed by atoms with E-state index in [1.165, 1.54) is 37.9 Å². The lowest BCUT2D eigenvalue weighted by Gasteiger charge is -2.48. The summed E-state index contributed by atoms with van der Waals surface area (Å²) in [5, 5.41) is 137. The molecule has 7 aliphatic rings. The SMILES string of the molecule is CN[C@H](CC(C)C)C(=O)N[C@H]1C(=O)N[C@@H](CC(N)=O)C(=O)N[C@H]2C(=O)N[C@H]3C(=O)N[C@H](C(=O)N[C@H](C(=O)O)c4cc(O)cc(O)c4-c4cc3ccc4O)[C@H](O)c3ccc(c(Cl)c3)Oc3cc2cc(c3O[C@@H]2O[C@H](CO)[C@@H](O)[C@H](O)[C@H]2O[C@H]2C[C@](C)(NCc3ccc(OCc4ccccc4)c(OCCCCSC(C)=O)c3)[C@H](O)[C@H](C)O2)Oc2ccc(cc2Cl)[C@H]1O. The molecule has 14 rings (SSSR count). The predicted molar refractivity (Wildman–Crippen MR) is 447 cm³/mol. The number of hydrogen-bond donors (Lipinski definition) is 19. The molecule has 0 aromatic heterocycles. The molecule has 39 heteroatoms. The van der Waals surface area contributed by atoms with Gasteiger partial charge in [-0.15, -0.1) is 0 Å². The molecule has 2 saturated heterocycles. The number of rotatable bonds is 25. The maximum atomic E-state index is 16.3. The van der Waals surface area contributed by atoms with Gasteiger partial charge in [-0.3, -0.25) is 38.4 Å². The number of halogens is 2. The largest absolute Gasteiger partial charge is 0.508 e. The van der Waals surface area contributed by atoms with E-state index in [0.29, 0.717) is 35.7 Å². The number of aliphatic hydroxyl groups is 6.